The third-order valence-electron chi connectivity index (χ3n) is 6.83. The molecule has 3 heterocycles. The molecule has 4 rings (SSSR count). The van der Waals surface area contributed by atoms with Crippen molar-refractivity contribution in [3.05, 3.63) is 77.2 Å². The standard InChI is InChI=1S/C29H32N6O6/c1-18-6-4-12-30-27(18)34-29(40)33-22-11-10-19(14-25(22)41-2)15-26(37)35-13-5-9-24(35)21-8-3-7-20(32-21)16-23(28(38)39)31-17-36/h3-4,6-8,10-12,14,17,23-24H,5,9,13,15-16H2,1-2H3,(H,31,36)(H,38,39)(H2,30,33,34,40). The van der Waals surface area contributed by atoms with E-state index in [-0.39, 0.29) is 24.8 Å². The average molecular weight is 561 g/mol. The number of aryl methyl sites for hydroxylation is 1. The van der Waals surface area contributed by atoms with Gasteiger partial charge in [-0.15, -0.1) is 0 Å². The van der Waals surface area contributed by atoms with Crippen LogP contribution in [0.1, 0.15) is 41.4 Å². The second-order valence-electron chi connectivity index (χ2n) is 9.64. The first-order chi connectivity index (χ1) is 19.8. The molecule has 214 valence electrons. The second-order valence-corrected chi connectivity index (χ2v) is 9.64. The number of hydrogen-bond acceptors (Lipinski definition) is 7. The molecule has 4 N–H and O–H groups in total. The highest BCUT2D eigenvalue weighted by molar-refractivity contribution is 6.00. The van der Waals surface area contributed by atoms with E-state index in [4.69, 9.17) is 4.74 Å². The number of rotatable bonds is 11. The molecule has 2 atom stereocenters. The minimum absolute atomic E-state index is 0.0300. The van der Waals surface area contributed by atoms with Gasteiger partial charge in [0.25, 0.3) is 0 Å². The maximum absolute atomic E-state index is 13.4. The number of methoxy groups -OCH3 is 1. The zero-order valence-electron chi connectivity index (χ0n) is 22.8. The van der Waals surface area contributed by atoms with E-state index in [0.29, 0.717) is 41.6 Å². The molecule has 0 radical (unpaired) electrons. The molecule has 0 spiro atoms. The van der Waals surface area contributed by atoms with Gasteiger partial charge in [0.15, 0.2) is 0 Å². The van der Waals surface area contributed by atoms with Gasteiger partial charge in [-0.25, -0.2) is 14.6 Å². The van der Waals surface area contributed by atoms with E-state index in [9.17, 15) is 24.3 Å². The number of likely N-dealkylation sites (tertiary alicyclic amines) is 1. The molecule has 0 bridgehead atoms. The Morgan fingerprint density at radius 3 is 2.73 bits per heavy atom. The largest absolute Gasteiger partial charge is 0.495 e. The van der Waals surface area contributed by atoms with Crippen LogP contribution >= 0.6 is 0 Å². The quantitative estimate of drug-likeness (QED) is 0.260. The summed E-state index contributed by atoms with van der Waals surface area (Å²) in [5.74, 6) is -0.377. The zero-order valence-corrected chi connectivity index (χ0v) is 22.8. The number of pyridine rings is 2. The van der Waals surface area contributed by atoms with Gasteiger partial charge in [-0.2, -0.15) is 0 Å². The van der Waals surface area contributed by atoms with Crippen LogP contribution in [-0.2, 0) is 27.2 Å². The summed E-state index contributed by atoms with van der Waals surface area (Å²) in [6, 6.07) is 12.3. The van der Waals surface area contributed by atoms with Gasteiger partial charge in [-0.3, -0.25) is 19.9 Å². The van der Waals surface area contributed by atoms with Gasteiger partial charge in [0.1, 0.15) is 17.6 Å². The highest BCUT2D eigenvalue weighted by Gasteiger charge is 2.31. The van der Waals surface area contributed by atoms with Crippen LogP contribution in [0, 0.1) is 6.92 Å². The number of carbonyl (C=O) groups is 4. The maximum Gasteiger partial charge on any atom is 0.326 e. The summed E-state index contributed by atoms with van der Waals surface area (Å²) >= 11 is 0. The number of urea groups is 1. The molecular weight excluding hydrogens is 528 g/mol. The molecular formula is C29H32N6O6. The predicted octanol–water partition coefficient (Wildman–Crippen LogP) is 3.09. The fourth-order valence-electron chi connectivity index (χ4n) is 4.78. The number of nitrogens with one attached hydrogen (secondary N) is 3. The lowest BCUT2D eigenvalue weighted by atomic mass is 10.1. The van der Waals surface area contributed by atoms with E-state index in [1.165, 1.54) is 7.11 Å². The Morgan fingerprint density at radius 2 is 2.00 bits per heavy atom. The van der Waals surface area contributed by atoms with Crippen LogP contribution < -0.4 is 20.7 Å². The Balaban J connectivity index is 1.42. The Labute approximate surface area is 237 Å². The van der Waals surface area contributed by atoms with Crippen LogP contribution in [0.5, 0.6) is 5.75 Å². The van der Waals surface area contributed by atoms with E-state index in [2.05, 4.69) is 25.9 Å². The van der Waals surface area contributed by atoms with Gasteiger partial charge in [0.05, 0.1) is 31.0 Å². The van der Waals surface area contributed by atoms with Gasteiger partial charge < -0.3 is 25.4 Å². The smallest absolute Gasteiger partial charge is 0.326 e. The van der Waals surface area contributed by atoms with E-state index >= 15 is 0 Å². The van der Waals surface area contributed by atoms with E-state index in [0.717, 1.165) is 24.0 Å². The summed E-state index contributed by atoms with van der Waals surface area (Å²) in [5.41, 5.74) is 3.17. The predicted molar refractivity (Wildman–Crippen MR) is 151 cm³/mol. The molecule has 0 aliphatic carbocycles. The van der Waals surface area contributed by atoms with Crippen molar-refractivity contribution in [2.45, 2.75) is 44.7 Å². The van der Waals surface area contributed by atoms with Crippen LogP contribution in [0.2, 0.25) is 0 Å². The number of aromatic nitrogens is 2. The molecule has 1 aromatic carbocycles. The number of hydrogen-bond donors (Lipinski definition) is 4. The molecule has 4 amide bonds. The third-order valence-corrected chi connectivity index (χ3v) is 6.83. The number of anilines is 2. The van der Waals surface area contributed by atoms with Crippen molar-refractivity contribution in [1.82, 2.24) is 20.2 Å². The van der Waals surface area contributed by atoms with Crippen molar-refractivity contribution in [2.24, 2.45) is 0 Å². The van der Waals surface area contributed by atoms with E-state index < -0.39 is 18.0 Å². The number of ether oxygens (including phenoxy) is 1. The molecule has 1 aliphatic heterocycles. The van der Waals surface area contributed by atoms with Crippen LogP contribution in [0.3, 0.4) is 0 Å². The fraction of sp³-hybridized carbons (Fsp3) is 0.310. The molecule has 3 aromatic rings. The van der Waals surface area contributed by atoms with Crippen molar-refractivity contribution in [3.63, 3.8) is 0 Å². The topological polar surface area (TPSA) is 163 Å². The zero-order chi connectivity index (χ0) is 29.4. The minimum Gasteiger partial charge on any atom is -0.495 e. The number of nitrogens with zero attached hydrogens (tertiary/aromatic N) is 3. The third kappa shape index (κ3) is 7.35. The van der Waals surface area contributed by atoms with Crippen molar-refractivity contribution in [2.75, 3.05) is 24.3 Å². The van der Waals surface area contributed by atoms with Crippen LogP contribution in [0.25, 0.3) is 0 Å². The molecule has 1 aliphatic rings. The summed E-state index contributed by atoms with van der Waals surface area (Å²) < 4.78 is 5.48. The van der Waals surface area contributed by atoms with Crippen molar-refractivity contribution in [1.29, 1.82) is 0 Å². The first-order valence-electron chi connectivity index (χ1n) is 13.1. The number of carboxylic acid groups (broad SMARTS) is 1. The Bertz CT molecular complexity index is 1430. The van der Waals surface area contributed by atoms with Gasteiger partial charge in [-0.1, -0.05) is 18.2 Å². The maximum atomic E-state index is 13.4. The Kier molecular flexibility index (Phi) is 9.46. The lowest BCUT2D eigenvalue weighted by Gasteiger charge is -2.25. The van der Waals surface area contributed by atoms with Gasteiger partial charge in [-0.05, 0) is 61.2 Å². The normalized spacial score (nSPS) is 15.1. The van der Waals surface area contributed by atoms with Crippen molar-refractivity contribution >= 4 is 35.8 Å². The number of amides is 4. The highest BCUT2D eigenvalue weighted by atomic mass is 16.5. The lowest BCUT2D eigenvalue weighted by molar-refractivity contribution is -0.140. The van der Waals surface area contributed by atoms with Gasteiger partial charge in [0, 0.05) is 24.9 Å². The van der Waals surface area contributed by atoms with Gasteiger partial charge in [0.2, 0.25) is 12.3 Å². The first-order valence-corrected chi connectivity index (χ1v) is 13.1. The van der Waals surface area contributed by atoms with E-state index in [1.807, 2.05) is 19.1 Å². The molecule has 12 nitrogen and oxygen atoms in total. The highest BCUT2D eigenvalue weighted by Crippen LogP contribution is 2.32. The number of benzene rings is 1. The van der Waals surface area contributed by atoms with Crippen molar-refractivity contribution in [3.8, 4) is 5.75 Å². The summed E-state index contributed by atoms with van der Waals surface area (Å²) in [5, 5.41) is 17.1. The number of carboxylic acids is 1. The summed E-state index contributed by atoms with van der Waals surface area (Å²) in [7, 11) is 1.49. The van der Waals surface area contributed by atoms with E-state index in [1.54, 1.807) is 47.5 Å². The van der Waals surface area contributed by atoms with Gasteiger partial charge >= 0.3 is 12.0 Å². The molecule has 12 heteroatoms. The summed E-state index contributed by atoms with van der Waals surface area (Å²) in [6.45, 7) is 2.42. The summed E-state index contributed by atoms with van der Waals surface area (Å²) in [6.07, 6.45) is 3.64. The second kappa shape index (κ2) is 13.4. The number of carbonyl (C=O) groups excluding carboxylic acids is 3. The molecule has 1 fully saturated rings. The van der Waals surface area contributed by atoms with Crippen molar-refractivity contribution < 1.29 is 29.0 Å². The van der Waals surface area contributed by atoms with Crippen LogP contribution in [0.4, 0.5) is 16.3 Å². The molecule has 2 aromatic heterocycles. The lowest BCUT2D eigenvalue weighted by Crippen LogP contribution is -2.38. The number of aliphatic carboxylic acids is 1. The van der Waals surface area contributed by atoms with Crippen LogP contribution in [0.15, 0.2) is 54.7 Å². The average Bonchev–Trinajstić information content (AvgIpc) is 3.45. The SMILES string of the molecule is COc1cc(CC(=O)N2CCCC2c2cccc(CC(NC=O)C(=O)O)n2)ccc1NC(=O)Nc1ncccc1C. The Morgan fingerprint density at radius 1 is 1.17 bits per heavy atom. The molecule has 41 heavy (non-hydrogen) atoms. The van der Waals surface area contributed by atoms with Crippen LogP contribution in [-0.4, -0.2) is 64.0 Å². The minimum atomic E-state index is -1.15. The Hall–Kier alpha value is -5.00. The molecule has 2 unspecified atom stereocenters. The molecule has 1 saturated heterocycles. The molecule has 0 saturated carbocycles. The monoisotopic (exact) mass is 560 g/mol. The summed E-state index contributed by atoms with van der Waals surface area (Å²) in [4.78, 5) is 58.6. The first kappa shape index (κ1) is 29.0. The fourth-order valence-corrected chi connectivity index (χ4v) is 4.78.